The molecule has 130 valence electrons. The van der Waals surface area contributed by atoms with Crippen LogP contribution >= 0.6 is 0 Å². The molecule has 5 nitrogen and oxygen atoms in total. The highest BCUT2D eigenvalue weighted by atomic mass is 19.4. The fraction of sp³-hybridized carbons (Fsp3) is 0.867. The van der Waals surface area contributed by atoms with Crippen LogP contribution in [0.15, 0.2) is 0 Å². The molecule has 2 amide bonds. The Morgan fingerprint density at radius 3 is 2.17 bits per heavy atom. The van der Waals surface area contributed by atoms with Gasteiger partial charge in [-0.1, -0.05) is 0 Å². The Morgan fingerprint density at radius 2 is 1.61 bits per heavy atom. The van der Waals surface area contributed by atoms with Gasteiger partial charge in [0, 0.05) is 31.7 Å². The molecule has 3 fully saturated rings. The smallest absolute Gasteiger partial charge is 0.351 e. The maximum atomic E-state index is 12.6. The van der Waals surface area contributed by atoms with Crippen LogP contribution < -0.4 is 5.32 Å². The molecule has 0 aromatic rings. The molecule has 2 saturated heterocycles. The van der Waals surface area contributed by atoms with Crippen molar-refractivity contribution in [1.82, 2.24) is 15.1 Å². The number of carbonyl (C=O) groups excluding carboxylic acids is 2. The van der Waals surface area contributed by atoms with E-state index in [4.69, 9.17) is 0 Å². The molecular weight excluding hydrogens is 311 g/mol. The number of nitrogens with one attached hydrogen (secondary N) is 1. The first-order valence-corrected chi connectivity index (χ1v) is 8.28. The third kappa shape index (κ3) is 3.79. The molecular formula is C15H22F3N3O2. The minimum Gasteiger partial charge on any atom is -0.351 e. The van der Waals surface area contributed by atoms with E-state index in [1.165, 1.54) is 12.8 Å². The first-order valence-electron chi connectivity index (χ1n) is 8.28. The van der Waals surface area contributed by atoms with Gasteiger partial charge in [-0.3, -0.25) is 9.59 Å². The number of amides is 2. The fourth-order valence-corrected chi connectivity index (χ4v) is 3.59. The molecule has 23 heavy (non-hydrogen) atoms. The molecule has 1 unspecified atom stereocenters. The van der Waals surface area contributed by atoms with Gasteiger partial charge in [0.05, 0.1) is 0 Å². The zero-order chi connectivity index (χ0) is 16.6. The first kappa shape index (κ1) is 16.5. The monoisotopic (exact) mass is 333 g/mol. The molecule has 0 radical (unpaired) electrons. The molecule has 1 saturated carbocycles. The summed E-state index contributed by atoms with van der Waals surface area (Å²) in [5.74, 6) is -2.34. The highest BCUT2D eigenvalue weighted by Crippen LogP contribution is 2.30. The maximum absolute atomic E-state index is 12.6. The van der Waals surface area contributed by atoms with E-state index < -0.39 is 24.0 Å². The van der Waals surface area contributed by atoms with E-state index in [1.807, 2.05) is 0 Å². The average molecular weight is 333 g/mol. The van der Waals surface area contributed by atoms with Crippen molar-refractivity contribution >= 4 is 11.8 Å². The third-order valence-electron chi connectivity index (χ3n) is 5.00. The molecule has 0 aromatic heterocycles. The van der Waals surface area contributed by atoms with E-state index in [-0.39, 0.29) is 12.6 Å². The lowest BCUT2D eigenvalue weighted by Gasteiger charge is -2.33. The lowest BCUT2D eigenvalue weighted by molar-refractivity contribution is -0.186. The molecule has 2 aliphatic heterocycles. The highest BCUT2D eigenvalue weighted by Gasteiger charge is 2.47. The van der Waals surface area contributed by atoms with Crippen LogP contribution in [-0.2, 0) is 9.59 Å². The van der Waals surface area contributed by atoms with Gasteiger partial charge in [-0.15, -0.1) is 0 Å². The Hall–Kier alpha value is -1.31. The van der Waals surface area contributed by atoms with Gasteiger partial charge in [0.25, 0.3) is 0 Å². The number of nitrogens with zero attached hydrogens (tertiary/aromatic N) is 2. The Morgan fingerprint density at radius 1 is 0.957 bits per heavy atom. The van der Waals surface area contributed by atoms with Crippen LogP contribution in [0.4, 0.5) is 13.2 Å². The van der Waals surface area contributed by atoms with Crippen LogP contribution in [-0.4, -0.2) is 65.6 Å². The quantitative estimate of drug-likeness (QED) is 0.847. The zero-order valence-electron chi connectivity index (χ0n) is 12.9. The van der Waals surface area contributed by atoms with Crippen molar-refractivity contribution in [3.8, 4) is 0 Å². The fourth-order valence-electron chi connectivity index (χ4n) is 3.59. The van der Waals surface area contributed by atoms with Gasteiger partial charge < -0.3 is 15.1 Å². The summed E-state index contributed by atoms with van der Waals surface area (Å²) in [7, 11) is 0. The van der Waals surface area contributed by atoms with Crippen LogP contribution in [0.1, 0.15) is 38.5 Å². The number of likely N-dealkylation sites (tertiary alicyclic amines) is 2. The van der Waals surface area contributed by atoms with E-state index in [1.54, 1.807) is 0 Å². The molecule has 1 N–H and O–H groups in total. The summed E-state index contributed by atoms with van der Waals surface area (Å²) in [6.45, 7) is 1.84. The van der Waals surface area contributed by atoms with Crippen molar-refractivity contribution in [2.75, 3.05) is 19.6 Å². The Labute approximate surface area is 133 Å². The predicted molar refractivity (Wildman–Crippen MR) is 76.5 cm³/mol. The molecule has 0 aromatic carbocycles. The molecule has 0 bridgehead atoms. The topological polar surface area (TPSA) is 52.7 Å². The van der Waals surface area contributed by atoms with Gasteiger partial charge in [0.2, 0.25) is 5.91 Å². The maximum Gasteiger partial charge on any atom is 0.471 e. The first-order chi connectivity index (χ1) is 10.9. The molecule has 0 spiro atoms. The minimum atomic E-state index is -4.92. The number of alkyl halides is 3. The Bertz CT molecular complexity index is 471. The van der Waals surface area contributed by atoms with Crippen LogP contribution in [0.5, 0.6) is 0 Å². The predicted octanol–water partition coefficient (Wildman–Crippen LogP) is 1.28. The van der Waals surface area contributed by atoms with Crippen LogP contribution in [0.3, 0.4) is 0 Å². The number of rotatable bonds is 3. The number of halogens is 3. The average Bonchev–Trinajstić information content (AvgIpc) is 3.23. The SMILES string of the molecule is O=C(NC1CCN(C2CC2)CC1)C1CCCN1C(=O)C(F)(F)F. The second-order valence-electron chi connectivity index (χ2n) is 6.70. The van der Waals surface area contributed by atoms with Gasteiger partial charge in [-0.05, 0) is 38.5 Å². The third-order valence-corrected chi connectivity index (χ3v) is 5.00. The van der Waals surface area contributed by atoms with Crippen LogP contribution in [0.2, 0.25) is 0 Å². The van der Waals surface area contributed by atoms with E-state index in [0.717, 1.165) is 25.9 Å². The molecule has 3 rings (SSSR count). The molecule has 1 atom stereocenters. The molecule has 2 heterocycles. The van der Waals surface area contributed by atoms with Gasteiger partial charge in [-0.2, -0.15) is 13.2 Å². The van der Waals surface area contributed by atoms with Gasteiger partial charge in [-0.25, -0.2) is 0 Å². The summed E-state index contributed by atoms with van der Waals surface area (Å²) in [5.41, 5.74) is 0. The van der Waals surface area contributed by atoms with Crippen molar-refractivity contribution in [1.29, 1.82) is 0 Å². The van der Waals surface area contributed by atoms with Crippen LogP contribution in [0.25, 0.3) is 0 Å². The van der Waals surface area contributed by atoms with Gasteiger partial charge >= 0.3 is 12.1 Å². The summed E-state index contributed by atoms with van der Waals surface area (Å²) in [4.78, 5) is 26.8. The largest absolute Gasteiger partial charge is 0.471 e. The summed E-state index contributed by atoms with van der Waals surface area (Å²) < 4.78 is 37.8. The van der Waals surface area contributed by atoms with Gasteiger partial charge in [0.1, 0.15) is 6.04 Å². The lowest BCUT2D eigenvalue weighted by atomic mass is 10.0. The van der Waals surface area contributed by atoms with Crippen molar-refractivity contribution in [3.05, 3.63) is 0 Å². The molecule has 1 aliphatic carbocycles. The minimum absolute atomic E-state index is 0.000869. The Balaban J connectivity index is 1.52. The second kappa shape index (κ2) is 6.30. The van der Waals surface area contributed by atoms with E-state index in [2.05, 4.69) is 10.2 Å². The number of hydrogen-bond donors (Lipinski definition) is 1. The van der Waals surface area contributed by atoms with Crippen molar-refractivity contribution in [2.24, 2.45) is 0 Å². The van der Waals surface area contributed by atoms with Crippen molar-refractivity contribution in [2.45, 2.75) is 62.8 Å². The van der Waals surface area contributed by atoms with Crippen molar-refractivity contribution < 1.29 is 22.8 Å². The highest BCUT2D eigenvalue weighted by molar-refractivity contribution is 5.90. The normalized spacial score (nSPS) is 27.3. The standard InChI is InChI=1S/C15H22F3N3O2/c16-15(17,18)14(23)21-7-1-2-12(21)13(22)19-10-5-8-20(9-6-10)11-3-4-11/h10-12H,1-9H2,(H,19,22). The number of piperidine rings is 1. The van der Waals surface area contributed by atoms with E-state index in [0.29, 0.717) is 23.8 Å². The summed E-state index contributed by atoms with van der Waals surface area (Å²) in [6, 6.07) is -0.284. The van der Waals surface area contributed by atoms with Crippen molar-refractivity contribution in [3.63, 3.8) is 0 Å². The zero-order valence-corrected chi connectivity index (χ0v) is 12.9. The number of hydrogen-bond acceptors (Lipinski definition) is 3. The molecule has 8 heteroatoms. The van der Waals surface area contributed by atoms with Crippen LogP contribution in [0, 0.1) is 0 Å². The van der Waals surface area contributed by atoms with E-state index >= 15 is 0 Å². The second-order valence-corrected chi connectivity index (χ2v) is 6.70. The summed E-state index contributed by atoms with van der Waals surface area (Å²) >= 11 is 0. The van der Waals surface area contributed by atoms with Gasteiger partial charge in [0.15, 0.2) is 0 Å². The molecule has 3 aliphatic rings. The Kier molecular flexibility index (Phi) is 4.53. The number of carbonyl (C=O) groups is 2. The summed E-state index contributed by atoms with van der Waals surface area (Å²) in [5, 5.41) is 2.85. The lowest BCUT2D eigenvalue weighted by Crippen LogP contribution is -2.53. The van der Waals surface area contributed by atoms with E-state index in [9.17, 15) is 22.8 Å². The summed E-state index contributed by atoms with van der Waals surface area (Å²) in [6.07, 6.45) is -0.0569.